The fourth-order valence-electron chi connectivity index (χ4n) is 1.39. The first-order valence-electron chi connectivity index (χ1n) is 4.93. The molecule has 1 amide bonds. The van der Waals surface area contributed by atoms with Crippen LogP contribution in [0.3, 0.4) is 0 Å². The number of hydrogen-bond donors (Lipinski definition) is 2. The highest BCUT2D eigenvalue weighted by molar-refractivity contribution is 5.81. The number of hydrogen-bond acceptors (Lipinski definition) is 3. The molecule has 0 aliphatic rings. The molecule has 0 saturated carbocycles. The van der Waals surface area contributed by atoms with Crippen molar-refractivity contribution in [1.82, 2.24) is 10.3 Å². The lowest BCUT2D eigenvalue weighted by atomic mass is 9.92. The lowest BCUT2D eigenvalue weighted by molar-refractivity contribution is -0.130. The smallest absolute Gasteiger partial charge is 0.240 e. The molecular weight excluding hydrogens is 190 g/mol. The molecule has 0 aromatic heterocycles. The number of carbonyl (C=O) groups is 1. The molecule has 0 bridgehead atoms. The Morgan fingerprint density at radius 1 is 1.40 bits per heavy atom. The second-order valence-electron chi connectivity index (χ2n) is 4.13. The molecule has 0 atom stereocenters. The zero-order chi connectivity index (χ0) is 11.9. The van der Waals surface area contributed by atoms with Gasteiger partial charge in [0.25, 0.3) is 0 Å². The summed E-state index contributed by atoms with van der Waals surface area (Å²) in [5, 5.41) is 0. The zero-order valence-electron chi connectivity index (χ0n) is 9.62. The minimum atomic E-state index is -0.513. The van der Waals surface area contributed by atoms with E-state index < -0.39 is 5.41 Å². The Balaban J connectivity index is 4.42. The van der Waals surface area contributed by atoms with Gasteiger partial charge in [0.1, 0.15) is 0 Å². The van der Waals surface area contributed by atoms with Gasteiger partial charge in [-0.15, -0.1) is 13.2 Å². The van der Waals surface area contributed by atoms with Crippen molar-refractivity contribution in [2.45, 2.75) is 13.8 Å². The van der Waals surface area contributed by atoms with Gasteiger partial charge in [-0.1, -0.05) is 12.2 Å². The third-order valence-electron chi connectivity index (χ3n) is 2.14. The van der Waals surface area contributed by atoms with Crippen molar-refractivity contribution in [3.63, 3.8) is 0 Å². The summed E-state index contributed by atoms with van der Waals surface area (Å²) in [6, 6.07) is 0. The average molecular weight is 211 g/mol. The monoisotopic (exact) mass is 211 g/mol. The van der Waals surface area contributed by atoms with Crippen LogP contribution in [-0.2, 0) is 4.79 Å². The molecule has 15 heavy (non-hydrogen) atoms. The van der Waals surface area contributed by atoms with Gasteiger partial charge in [0.05, 0.1) is 5.41 Å². The standard InChI is InChI=1S/C11H21N3O/c1-5-7-14(8-6-2)9-11(3,4)10(15)13-12/h5-6H,1-2,7-9,12H2,3-4H3,(H,13,15). The Bertz CT molecular complexity index is 226. The Hall–Kier alpha value is -1.13. The molecular formula is C11H21N3O. The van der Waals surface area contributed by atoms with E-state index in [1.807, 2.05) is 13.8 Å². The van der Waals surface area contributed by atoms with Crippen molar-refractivity contribution >= 4 is 5.91 Å². The van der Waals surface area contributed by atoms with Crippen molar-refractivity contribution < 1.29 is 4.79 Å². The van der Waals surface area contributed by atoms with Crippen LogP contribution in [-0.4, -0.2) is 30.4 Å². The van der Waals surface area contributed by atoms with Gasteiger partial charge in [0, 0.05) is 19.6 Å². The molecule has 4 nitrogen and oxygen atoms in total. The minimum absolute atomic E-state index is 0.166. The fourth-order valence-corrected chi connectivity index (χ4v) is 1.39. The summed E-state index contributed by atoms with van der Waals surface area (Å²) in [6.45, 7) is 13.1. The molecule has 0 saturated heterocycles. The van der Waals surface area contributed by atoms with E-state index >= 15 is 0 Å². The number of carbonyl (C=O) groups excluding carboxylic acids is 1. The average Bonchev–Trinajstić information content (AvgIpc) is 2.16. The maximum absolute atomic E-state index is 11.5. The topological polar surface area (TPSA) is 58.4 Å². The first-order valence-corrected chi connectivity index (χ1v) is 4.93. The van der Waals surface area contributed by atoms with Crippen LogP contribution in [0.1, 0.15) is 13.8 Å². The first-order chi connectivity index (χ1) is 6.97. The second-order valence-corrected chi connectivity index (χ2v) is 4.13. The number of nitrogens with zero attached hydrogens (tertiary/aromatic N) is 1. The van der Waals surface area contributed by atoms with Crippen LogP contribution >= 0.6 is 0 Å². The predicted octanol–water partition coefficient (Wildman–Crippen LogP) is 0.676. The van der Waals surface area contributed by atoms with Crippen LogP contribution in [0.25, 0.3) is 0 Å². The molecule has 0 aliphatic heterocycles. The van der Waals surface area contributed by atoms with Gasteiger partial charge < -0.3 is 0 Å². The fraction of sp³-hybridized carbons (Fsp3) is 0.545. The van der Waals surface area contributed by atoms with Crippen LogP contribution in [0.2, 0.25) is 0 Å². The normalized spacial score (nSPS) is 11.2. The van der Waals surface area contributed by atoms with E-state index in [4.69, 9.17) is 5.84 Å². The number of rotatable bonds is 7. The van der Waals surface area contributed by atoms with Crippen molar-refractivity contribution in [1.29, 1.82) is 0 Å². The van der Waals surface area contributed by atoms with Gasteiger partial charge in [-0.3, -0.25) is 15.1 Å². The van der Waals surface area contributed by atoms with E-state index in [0.29, 0.717) is 6.54 Å². The van der Waals surface area contributed by atoms with Crippen LogP contribution in [0.15, 0.2) is 25.3 Å². The third-order valence-corrected chi connectivity index (χ3v) is 2.14. The molecule has 86 valence electrons. The van der Waals surface area contributed by atoms with Gasteiger partial charge in [-0.2, -0.15) is 0 Å². The molecule has 0 aromatic rings. The third kappa shape index (κ3) is 4.76. The van der Waals surface area contributed by atoms with E-state index in [0.717, 1.165) is 13.1 Å². The molecule has 0 fully saturated rings. The maximum atomic E-state index is 11.5. The summed E-state index contributed by atoms with van der Waals surface area (Å²) >= 11 is 0. The molecule has 3 N–H and O–H groups in total. The summed E-state index contributed by atoms with van der Waals surface area (Å²) in [6.07, 6.45) is 3.61. The summed E-state index contributed by atoms with van der Waals surface area (Å²) in [7, 11) is 0. The molecule has 4 heteroatoms. The first kappa shape index (κ1) is 13.9. The highest BCUT2D eigenvalue weighted by atomic mass is 16.2. The Labute approximate surface area is 91.8 Å². The van der Waals surface area contributed by atoms with E-state index in [2.05, 4.69) is 23.5 Å². The molecule has 0 spiro atoms. The Kier molecular flexibility index (Phi) is 5.89. The predicted molar refractivity (Wildman–Crippen MR) is 62.9 cm³/mol. The van der Waals surface area contributed by atoms with Crippen LogP contribution in [0.4, 0.5) is 0 Å². The lowest BCUT2D eigenvalue weighted by Gasteiger charge is -2.29. The quantitative estimate of drug-likeness (QED) is 0.282. The van der Waals surface area contributed by atoms with Gasteiger partial charge >= 0.3 is 0 Å². The highest BCUT2D eigenvalue weighted by Crippen LogP contribution is 2.16. The molecule has 0 aromatic carbocycles. The second kappa shape index (κ2) is 6.37. The van der Waals surface area contributed by atoms with Crippen LogP contribution in [0.5, 0.6) is 0 Å². The molecule has 0 unspecified atom stereocenters. The number of hydrazine groups is 1. The summed E-state index contributed by atoms with van der Waals surface area (Å²) in [4.78, 5) is 13.5. The van der Waals surface area contributed by atoms with E-state index in [1.54, 1.807) is 12.2 Å². The van der Waals surface area contributed by atoms with E-state index in [9.17, 15) is 4.79 Å². The molecule has 0 radical (unpaired) electrons. The summed E-state index contributed by atoms with van der Waals surface area (Å²) in [5.41, 5.74) is 1.66. The van der Waals surface area contributed by atoms with Gasteiger partial charge in [0.15, 0.2) is 0 Å². The van der Waals surface area contributed by atoms with Gasteiger partial charge in [-0.05, 0) is 13.8 Å². The SMILES string of the molecule is C=CCN(CC=C)CC(C)(C)C(=O)NN. The largest absolute Gasteiger partial charge is 0.295 e. The number of amides is 1. The molecule has 0 rings (SSSR count). The van der Waals surface area contributed by atoms with E-state index in [1.165, 1.54) is 0 Å². The van der Waals surface area contributed by atoms with Crippen molar-refractivity contribution in [2.24, 2.45) is 11.3 Å². The van der Waals surface area contributed by atoms with Crippen LogP contribution < -0.4 is 11.3 Å². The zero-order valence-corrected chi connectivity index (χ0v) is 9.62. The highest BCUT2D eigenvalue weighted by Gasteiger charge is 2.28. The van der Waals surface area contributed by atoms with Crippen molar-refractivity contribution in [3.8, 4) is 0 Å². The Morgan fingerprint density at radius 3 is 2.20 bits per heavy atom. The van der Waals surface area contributed by atoms with Crippen LogP contribution in [0, 0.1) is 5.41 Å². The number of nitrogens with two attached hydrogens (primary N) is 1. The van der Waals surface area contributed by atoms with Crippen molar-refractivity contribution in [3.05, 3.63) is 25.3 Å². The summed E-state index contributed by atoms with van der Waals surface area (Å²) in [5.74, 6) is 4.96. The number of nitrogens with one attached hydrogen (secondary N) is 1. The van der Waals surface area contributed by atoms with Gasteiger partial charge in [-0.25, -0.2) is 5.84 Å². The van der Waals surface area contributed by atoms with Crippen molar-refractivity contribution in [2.75, 3.05) is 19.6 Å². The van der Waals surface area contributed by atoms with E-state index in [-0.39, 0.29) is 5.91 Å². The molecule has 0 aliphatic carbocycles. The summed E-state index contributed by atoms with van der Waals surface area (Å²) < 4.78 is 0. The minimum Gasteiger partial charge on any atom is -0.295 e. The lowest BCUT2D eigenvalue weighted by Crippen LogP contribution is -2.47. The molecule has 0 heterocycles. The maximum Gasteiger partial charge on any atom is 0.240 e. The van der Waals surface area contributed by atoms with Gasteiger partial charge in [0.2, 0.25) is 5.91 Å². The Morgan fingerprint density at radius 2 is 1.87 bits per heavy atom.